The van der Waals surface area contributed by atoms with E-state index in [0.29, 0.717) is 30.3 Å². The Morgan fingerprint density at radius 2 is 1.83 bits per heavy atom. The van der Waals surface area contributed by atoms with Crippen molar-refractivity contribution < 1.29 is 9.59 Å². The number of benzene rings is 2. The fourth-order valence-corrected chi connectivity index (χ4v) is 3.86. The molecule has 6 heteroatoms. The molecule has 0 aliphatic heterocycles. The Hall–Kier alpha value is -1.98. The molecule has 1 N–H and O–H groups in total. The maximum absolute atomic E-state index is 13.0. The summed E-state index contributed by atoms with van der Waals surface area (Å²) < 4.78 is 0. The topological polar surface area (TPSA) is 49.4 Å². The van der Waals surface area contributed by atoms with Gasteiger partial charge in [-0.3, -0.25) is 9.59 Å². The quantitative estimate of drug-likeness (QED) is 0.533. The summed E-state index contributed by atoms with van der Waals surface area (Å²) in [6, 6.07) is 15.1. The summed E-state index contributed by atoms with van der Waals surface area (Å²) in [5.41, 5.74) is 2.05. The highest BCUT2D eigenvalue weighted by atomic mass is 35.5. The van der Waals surface area contributed by atoms with Gasteiger partial charge in [0.2, 0.25) is 11.8 Å². The van der Waals surface area contributed by atoms with E-state index in [-0.39, 0.29) is 11.8 Å². The number of hydrogen-bond acceptors (Lipinski definition) is 3. The minimum absolute atomic E-state index is 0.0521. The van der Waals surface area contributed by atoms with Crippen molar-refractivity contribution in [3.63, 3.8) is 0 Å². The van der Waals surface area contributed by atoms with Crippen LogP contribution in [0.2, 0.25) is 5.02 Å². The molecule has 0 aliphatic carbocycles. The Morgan fingerprint density at radius 1 is 1.14 bits per heavy atom. The van der Waals surface area contributed by atoms with Crippen molar-refractivity contribution in [2.75, 3.05) is 12.3 Å². The van der Waals surface area contributed by atoms with E-state index < -0.39 is 6.04 Å². The van der Waals surface area contributed by atoms with Crippen LogP contribution in [0.1, 0.15) is 37.8 Å². The molecule has 29 heavy (non-hydrogen) atoms. The van der Waals surface area contributed by atoms with Crippen molar-refractivity contribution in [1.82, 2.24) is 10.2 Å². The molecule has 0 aromatic heterocycles. The summed E-state index contributed by atoms with van der Waals surface area (Å²) in [5.74, 6) is 0.464. The van der Waals surface area contributed by atoms with Crippen molar-refractivity contribution in [2.24, 2.45) is 0 Å². The second-order valence-electron chi connectivity index (χ2n) is 6.99. The Kier molecular flexibility index (Phi) is 9.55. The Bertz CT molecular complexity index is 811. The van der Waals surface area contributed by atoms with Crippen LogP contribution in [0.3, 0.4) is 0 Å². The van der Waals surface area contributed by atoms with Gasteiger partial charge in [0.25, 0.3) is 0 Å². The van der Waals surface area contributed by atoms with Gasteiger partial charge >= 0.3 is 0 Å². The van der Waals surface area contributed by atoms with Crippen molar-refractivity contribution in [3.05, 3.63) is 64.7 Å². The number of halogens is 1. The third kappa shape index (κ3) is 7.41. The molecular weight excluding hydrogens is 404 g/mol. The minimum Gasteiger partial charge on any atom is -0.354 e. The van der Waals surface area contributed by atoms with Crippen LogP contribution in [0.5, 0.6) is 0 Å². The van der Waals surface area contributed by atoms with Gasteiger partial charge in [-0.1, -0.05) is 54.4 Å². The van der Waals surface area contributed by atoms with Gasteiger partial charge < -0.3 is 10.2 Å². The number of nitrogens with zero attached hydrogens (tertiary/aromatic N) is 1. The number of carbonyl (C=O) groups excluding carboxylic acids is 2. The molecule has 2 aromatic rings. The molecule has 2 amide bonds. The van der Waals surface area contributed by atoms with E-state index in [2.05, 4.69) is 36.5 Å². The summed E-state index contributed by atoms with van der Waals surface area (Å²) in [4.78, 5) is 28.3. The molecule has 0 saturated carbocycles. The number of carbonyl (C=O) groups is 2. The molecule has 1 unspecified atom stereocenters. The fraction of sp³-hybridized carbons (Fsp3) is 0.391. The molecule has 2 aromatic carbocycles. The Morgan fingerprint density at radius 3 is 2.48 bits per heavy atom. The Labute approximate surface area is 183 Å². The van der Waals surface area contributed by atoms with Gasteiger partial charge in [-0.2, -0.15) is 0 Å². The molecule has 0 fully saturated rings. The van der Waals surface area contributed by atoms with E-state index in [1.807, 2.05) is 25.1 Å². The molecular formula is C23H29ClN2O2S. The average molecular weight is 433 g/mol. The van der Waals surface area contributed by atoms with Gasteiger partial charge in [0.1, 0.15) is 6.04 Å². The maximum atomic E-state index is 13.0. The predicted molar refractivity (Wildman–Crippen MR) is 121 cm³/mol. The predicted octanol–water partition coefficient (Wildman–Crippen LogP) is 5.07. The third-order valence-corrected chi connectivity index (χ3v) is 6.00. The summed E-state index contributed by atoms with van der Waals surface area (Å²) in [7, 11) is 0. The van der Waals surface area contributed by atoms with Crippen LogP contribution in [0.15, 0.2) is 53.4 Å². The normalized spacial score (nSPS) is 11.7. The Balaban J connectivity index is 2.05. The first kappa shape index (κ1) is 23.3. The van der Waals surface area contributed by atoms with Crippen LogP contribution in [0.25, 0.3) is 0 Å². The molecule has 0 spiro atoms. The lowest BCUT2D eigenvalue weighted by molar-refractivity contribution is -0.140. The van der Waals surface area contributed by atoms with Crippen molar-refractivity contribution in [1.29, 1.82) is 0 Å². The van der Waals surface area contributed by atoms with E-state index in [4.69, 9.17) is 11.6 Å². The first-order valence-electron chi connectivity index (χ1n) is 9.92. The number of rotatable bonds is 10. The summed E-state index contributed by atoms with van der Waals surface area (Å²) >= 11 is 7.94. The van der Waals surface area contributed by atoms with Crippen molar-refractivity contribution >= 4 is 35.2 Å². The maximum Gasteiger partial charge on any atom is 0.242 e. The average Bonchev–Trinajstić information content (AvgIpc) is 2.72. The zero-order valence-electron chi connectivity index (χ0n) is 17.3. The molecule has 0 radical (unpaired) electrons. The van der Waals surface area contributed by atoms with E-state index in [0.717, 1.165) is 16.9 Å². The second-order valence-corrected chi connectivity index (χ2v) is 8.57. The highest BCUT2D eigenvalue weighted by molar-refractivity contribution is 7.99. The lowest BCUT2D eigenvalue weighted by atomic mass is 10.1. The lowest BCUT2D eigenvalue weighted by Crippen LogP contribution is -2.47. The van der Waals surface area contributed by atoms with Gasteiger partial charge in [0, 0.05) is 35.2 Å². The number of thioether (sulfide) groups is 1. The second kappa shape index (κ2) is 11.9. The summed E-state index contributed by atoms with van der Waals surface area (Å²) in [5, 5.41) is 3.48. The SMILES string of the molecule is CCCNC(=O)C(C)N(Cc1ccccc1Cl)C(=O)CCSc1ccc(C)cc1. The van der Waals surface area contributed by atoms with E-state index in [9.17, 15) is 9.59 Å². The smallest absolute Gasteiger partial charge is 0.242 e. The standard InChI is InChI=1S/C23H29ClN2O2S/c1-4-14-25-23(28)18(3)26(16-19-7-5-6-8-21(19)24)22(27)13-15-29-20-11-9-17(2)10-12-20/h5-12,18H,4,13-16H2,1-3H3,(H,25,28). The fourth-order valence-electron chi connectivity index (χ4n) is 2.82. The number of hydrogen-bond donors (Lipinski definition) is 1. The monoisotopic (exact) mass is 432 g/mol. The van der Waals surface area contributed by atoms with Gasteiger partial charge in [-0.15, -0.1) is 11.8 Å². The molecule has 2 rings (SSSR count). The van der Waals surface area contributed by atoms with Crippen LogP contribution >= 0.6 is 23.4 Å². The largest absolute Gasteiger partial charge is 0.354 e. The van der Waals surface area contributed by atoms with Crippen molar-refractivity contribution in [3.8, 4) is 0 Å². The van der Waals surface area contributed by atoms with E-state index >= 15 is 0 Å². The lowest BCUT2D eigenvalue weighted by Gasteiger charge is -2.29. The highest BCUT2D eigenvalue weighted by Gasteiger charge is 2.26. The molecule has 0 bridgehead atoms. The van der Waals surface area contributed by atoms with Crippen molar-refractivity contribution in [2.45, 2.75) is 51.1 Å². The number of amides is 2. The van der Waals surface area contributed by atoms with Crippen LogP contribution in [0, 0.1) is 6.92 Å². The first-order valence-corrected chi connectivity index (χ1v) is 11.3. The first-order chi connectivity index (χ1) is 13.9. The van der Waals surface area contributed by atoms with E-state index in [1.54, 1.807) is 29.7 Å². The highest BCUT2D eigenvalue weighted by Crippen LogP contribution is 2.22. The van der Waals surface area contributed by atoms with Gasteiger partial charge in [0.15, 0.2) is 0 Å². The van der Waals surface area contributed by atoms with Gasteiger partial charge in [-0.25, -0.2) is 0 Å². The van der Waals surface area contributed by atoms with Gasteiger partial charge in [-0.05, 0) is 44.0 Å². The van der Waals surface area contributed by atoms with Crippen LogP contribution in [0.4, 0.5) is 0 Å². The van der Waals surface area contributed by atoms with E-state index in [1.165, 1.54) is 5.56 Å². The number of nitrogens with one attached hydrogen (secondary N) is 1. The molecule has 0 heterocycles. The zero-order valence-corrected chi connectivity index (χ0v) is 18.9. The van der Waals surface area contributed by atoms with Crippen LogP contribution in [-0.2, 0) is 16.1 Å². The molecule has 1 atom stereocenters. The summed E-state index contributed by atoms with van der Waals surface area (Å²) in [6.45, 7) is 6.73. The molecule has 0 aliphatic rings. The third-order valence-electron chi connectivity index (χ3n) is 4.62. The molecule has 0 saturated heterocycles. The molecule has 4 nitrogen and oxygen atoms in total. The summed E-state index contributed by atoms with van der Waals surface area (Å²) in [6.07, 6.45) is 1.21. The number of aryl methyl sites for hydroxylation is 1. The minimum atomic E-state index is -0.560. The van der Waals surface area contributed by atoms with Gasteiger partial charge in [0.05, 0.1) is 0 Å². The zero-order chi connectivity index (χ0) is 21.2. The van der Waals surface area contributed by atoms with Crippen LogP contribution < -0.4 is 5.32 Å². The van der Waals surface area contributed by atoms with Crippen LogP contribution in [-0.4, -0.2) is 35.1 Å². The molecule has 156 valence electrons.